The summed E-state index contributed by atoms with van der Waals surface area (Å²) in [6.07, 6.45) is 2.98. The summed E-state index contributed by atoms with van der Waals surface area (Å²) in [6, 6.07) is 1.87. The van der Waals surface area contributed by atoms with E-state index in [4.69, 9.17) is 4.74 Å². The van der Waals surface area contributed by atoms with Gasteiger partial charge < -0.3 is 9.84 Å². The first-order chi connectivity index (χ1) is 8.21. The molecule has 0 radical (unpaired) electrons. The highest BCUT2D eigenvalue weighted by molar-refractivity contribution is 5.25. The molecule has 0 amide bonds. The van der Waals surface area contributed by atoms with Gasteiger partial charge in [-0.2, -0.15) is 0 Å². The molecule has 0 spiro atoms. The monoisotopic (exact) mass is 251 g/mol. The van der Waals surface area contributed by atoms with Crippen molar-refractivity contribution in [1.82, 2.24) is 4.98 Å². The lowest BCUT2D eigenvalue weighted by Gasteiger charge is -2.31. The van der Waals surface area contributed by atoms with E-state index in [9.17, 15) is 5.11 Å². The third-order valence-corrected chi connectivity index (χ3v) is 3.29. The van der Waals surface area contributed by atoms with Gasteiger partial charge >= 0.3 is 0 Å². The lowest BCUT2D eigenvalue weighted by molar-refractivity contribution is 0.0529. The normalized spacial score (nSPS) is 15.6. The van der Waals surface area contributed by atoms with Crippen LogP contribution >= 0.6 is 0 Å². The maximum absolute atomic E-state index is 10.4. The first kappa shape index (κ1) is 15.0. The van der Waals surface area contributed by atoms with Gasteiger partial charge in [-0.25, -0.2) is 0 Å². The number of rotatable bonds is 4. The van der Waals surface area contributed by atoms with Crippen molar-refractivity contribution in [3.8, 4) is 5.75 Å². The summed E-state index contributed by atoms with van der Waals surface area (Å²) in [5.41, 5.74) is 0.865. The van der Waals surface area contributed by atoms with Crippen LogP contribution in [-0.4, -0.2) is 16.2 Å². The molecule has 1 heterocycles. The fourth-order valence-electron chi connectivity index (χ4n) is 1.70. The van der Waals surface area contributed by atoms with Crippen LogP contribution in [0.2, 0.25) is 0 Å². The van der Waals surface area contributed by atoms with E-state index in [1.54, 1.807) is 12.4 Å². The number of nitrogens with zero attached hydrogens (tertiary/aromatic N) is 1. The molecule has 2 atom stereocenters. The highest BCUT2D eigenvalue weighted by Crippen LogP contribution is 2.36. The Morgan fingerprint density at radius 1 is 1.17 bits per heavy atom. The summed E-state index contributed by atoms with van der Waals surface area (Å²) < 4.78 is 5.60. The van der Waals surface area contributed by atoms with Gasteiger partial charge in [0.15, 0.2) is 0 Å². The zero-order valence-electron chi connectivity index (χ0n) is 12.3. The molecular formula is C15H25NO2. The molecule has 0 fully saturated rings. The van der Waals surface area contributed by atoms with Crippen LogP contribution in [-0.2, 0) is 0 Å². The molecule has 0 aliphatic rings. The van der Waals surface area contributed by atoms with E-state index in [1.807, 2.05) is 19.9 Å². The minimum Gasteiger partial charge on any atom is -0.489 e. The summed E-state index contributed by atoms with van der Waals surface area (Å²) in [5, 5.41) is 10.4. The van der Waals surface area contributed by atoms with Gasteiger partial charge in [0, 0.05) is 11.8 Å². The van der Waals surface area contributed by atoms with Crippen LogP contribution in [0.1, 0.15) is 53.2 Å². The SMILES string of the molecule is CC(C)Oc1cncc(C(O)C(C)C(C)(C)C)c1. The van der Waals surface area contributed by atoms with Crippen LogP contribution < -0.4 is 4.74 Å². The third kappa shape index (κ3) is 3.98. The summed E-state index contributed by atoms with van der Waals surface area (Å²) >= 11 is 0. The highest BCUT2D eigenvalue weighted by atomic mass is 16.5. The second kappa shape index (κ2) is 5.70. The number of hydrogen-bond donors (Lipinski definition) is 1. The van der Waals surface area contributed by atoms with Crippen molar-refractivity contribution in [2.45, 2.75) is 53.8 Å². The molecule has 3 heteroatoms. The van der Waals surface area contributed by atoms with Gasteiger partial charge in [0.05, 0.1) is 18.4 Å². The Hall–Kier alpha value is -1.09. The van der Waals surface area contributed by atoms with Crippen molar-refractivity contribution in [1.29, 1.82) is 0 Å². The summed E-state index contributed by atoms with van der Waals surface area (Å²) in [5.74, 6) is 0.858. The average molecular weight is 251 g/mol. The quantitative estimate of drug-likeness (QED) is 0.889. The smallest absolute Gasteiger partial charge is 0.138 e. The molecule has 0 aliphatic carbocycles. The average Bonchev–Trinajstić information content (AvgIpc) is 2.25. The summed E-state index contributed by atoms with van der Waals surface area (Å²) in [4.78, 5) is 4.14. The van der Waals surface area contributed by atoms with Gasteiger partial charge in [-0.05, 0) is 31.2 Å². The Labute approximate surface area is 110 Å². The number of ether oxygens (including phenoxy) is 1. The van der Waals surface area contributed by atoms with E-state index < -0.39 is 6.10 Å². The zero-order valence-corrected chi connectivity index (χ0v) is 12.3. The maximum Gasteiger partial charge on any atom is 0.138 e. The number of aliphatic hydroxyl groups is 1. The lowest BCUT2D eigenvalue weighted by Crippen LogP contribution is -2.24. The van der Waals surface area contributed by atoms with Crippen molar-refractivity contribution < 1.29 is 9.84 Å². The van der Waals surface area contributed by atoms with E-state index in [-0.39, 0.29) is 17.4 Å². The van der Waals surface area contributed by atoms with Crippen molar-refractivity contribution in [3.63, 3.8) is 0 Å². The molecule has 2 unspecified atom stereocenters. The van der Waals surface area contributed by atoms with Crippen molar-refractivity contribution >= 4 is 0 Å². The van der Waals surface area contributed by atoms with Crippen molar-refractivity contribution in [2.24, 2.45) is 11.3 Å². The number of aliphatic hydroxyl groups excluding tert-OH is 1. The van der Waals surface area contributed by atoms with Gasteiger partial charge in [0.1, 0.15) is 5.75 Å². The summed E-state index contributed by atoms with van der Waals surface area (Å²) in [6.45, 7) is 12.4. The van der Waals surface area contributed by atoms with Crippen LogP contribution in [0.4, 0.5) is 0 Å². The molecule has 0 aromatic carbocycles. The van der Waals surface area contributed by atoms with Gasteiger partial charge in [-0.15, -0.1) is 0 Å². The fraction of sp³-hybridized carbons (Fsp3) is 0.667. The van der Waals surface area contributed by atoms with Crippen LogP contribution in [0, 0.1) is 11.3 Å². The van der Waals surface area contributed by atoms with Crippen LogP contribution in [0.15, 0.2) is 18.5 Å². The molecule has 0 bridgehead atoms. The predicted molar refractivity (Wildman–Crippen MR) is 73.6 cm³/mol. The van der Waals surface area contributed by atoms with Gasteiger partial charge in [-0.3, -0.25) is 4.98 Å². The molecular weight excluding hydrogens is 226 g/mol. The minimum atomic E-state index is -0.520. The Kier molecular flexibility index (Phi) is 4.74. The second-order valence-electron chi connectivity index (χ2n) is 6.22. The largest absolute Gasteiger partial charge is 0.489 e. The summed E-state index contributed by atoms with van der Waals surface area (Å²) in [7, 11) is 0. The molecule has 3 nitrogen and oxygen atoms in total. The predicted octanol–water partition coefficient (Wildman–Crippen LogP) is 3.58. The molecule has 1 aromatic heterocycles. The standard InChI is InChI=1S/C15H25NO2/c1-10(2)18-13-7-12(8-16-9-13)14(17)11(3)15(4,5)6/h7-11,14,17H,1-6H3. The van der Waals surface area contributed by atoms with Crippen LogP contribution in [0.3, 0.4) is 0 Å². The molecule has 0 aliphatic heterocycles. The third-order valence-electron chi connectivity index (χ3n) is 3.29. The van der Waals surface area contributed by atoms with Crippen molar-refractivity contribution in [2.75, 3.05) is 0 Å². The minimum absolute atomic E-state index is 0.0499. The Morgan fingerprint density at radius 2 is 1.78 bits per heavy atom. The maximum atomic E-state index is 10.4. The fourth-order valence-corrected chi connectivity index (χ4v) is 1.70. The van der Waals surface area contributed by atoms with Gasteiger partial charge in [0.2, 0.25) is 0 Å². The Balaban J connectivity index is 2.89. The number of hydrogen-bond acceptors (Lipinski definition) is 3. The van der Waals surface area contributed by atoms with Crippen LogP contribution in [0.5, 0.6) is 5.75 Å². The molecule has 0 saturated carbocycles. The molecule has 1 N–H and O–H groups in total. The molecule has 1 aromatic rings. The Bertz CT molecular complexity index is 382. The first-order valence-corrected chi connectivity index (χ1v) is 6.51. The second-order valence-corrected chi connectivity index (χ2v) is 6.22. The Morgan fingerprint density at radius 3 is 2.28 bits per heavy atom. The number of pyridine rings is 1. The van der Waals surface area contributed by atoms with E-state index in [1.165, 1.54) is 0 Å². The topological polar surface area (TPSA) is 42.4 Å². The molecule has 102 valence electrons. The van der Waals surface area contributed by atoms with Gasteiger partial charge in [0.25, 0.3) is 0 Å². The number of aromatic nitrogens is 1. The first-order valence-electron chi connectivity index (χ1n) is 6.51. The van der Waals surface area contributed by atoms with E-state index in [2.05, 4.69) is 32.7 Å². The van der Waals surface area contributed by atoms with Crippen molar-refractivity contribution in [3.05, 3.63) is 24.0 Å². The molecule has 18 heavy (non-hydrogen) atoms. The van der Waals surface area contributed by atoms with E-state index in [0.717, 1.165) is 5.56 Å². The van der Waals surface area contributed by atoms with Crippen LogP contribution in [0.25, 0.3) is 0 Å². The van der Waals surface area contributed by atoms with Gasteiger partial charge in [-0.1, -0.05) is 27.7 Å². The highest BCUT2D eigenvalue weighted by Gasteiger charge is 2.28. The lowest BCUT2D eigenvalue weighted by atomic mass is 9.77. The van der Waals surface area contributed by atoms with E-state index in [0.29, 0.717) is 5.75 Å². The van der Waals surface area contributed by atoms with E-state index >= 15 is 0 Å². The molecule has 1 rings (SSSR count). The molecule has 0 saturated heterocycles. The zero-order chi connectivity index (χ0) is 13.9.